The number of aliphatic hydroxyl groups excluding tert-OH is 1. The molecule has 8 heteroatoms. The summed E-state index contributed by atoms with van der Waals surface area (Å²) in [5.74, 6) is -1.53. The molecule has 0 radical (unpaired) electrons. The summed E-state index contributed by atoms with van der Waals surface area (Å²) in [6.45, 7) is 8.15. The summed E-state index contributed by atoms with van der Waals surface area (Å²) in [4.78, 5) is 29.8. The Morgan fingerprint density at radius 3 is 2.32 bits per heavy atom. The quantitative estimate of drug-likeness (QED) is 0.318. The van der Waals surface area contributed by atoms with Gasteiger partial charge in [0, 0.05) is 32.4 Å². The second-order valence-electron chi connectivity index (χ2n) is 8.08. The normalized spacial score (nSPS) is 17.4. The molecule has 1 amide bonds. The lowest BCUT2D eigenvalue weighted by Crippen LogP contribution is -2.32. The van der Waals surface area contributed by atoms with Crippen LogP contribution >= 0.6 is 11.6 Å². The second-order valence-corrected chi connectivity index (χ2v) is 8.48. The van der Waals surface area contributed by atoms with E-state index in [1.54, 1.807) is 12.1 Å². The third-order valence-electron chi connectivity index (χ3n) is 6.06. The van der Waals surface area contributed by atoms with Crippen LogP contribution in [-0.2, 0) is 14.3 Å². The van der Waals surface area contributed by atoms with Crippen molar-refractivity contribution >= 4 is 34.7 Å². The second kappa shape index (κ2) is 10.9. The highest BCUT2D eigenvalue weighted by atomic mass is 35.5. The molecule has 1 unspecified atom stereocenters. The van der Waals surface area contributed by atoms with Gasteiger partial charge in [-0.2, -0.15) is 0 Å². The number of aliphatic hydroxyl groups is 1. The van der Waals surface area contributed by atoms with E-state index in [1.807, 2.05) is 31.2 Å². The van der Waals surface area contributed by atoms with Gasteiger partial charge in [-0.05, 0) is 56.2 Å². The molecule has 3 rings (SSSR count). The summed E-state index contributed by atoms with van der Waals surface area (Å²) in [6, 6.07) is 10.3. The molecule has 1 N–H and O–H groups in total. The molecule has 1 heterocycles. The summed E-state index contributed by atoms with van der Waals surface area (Å²) in [5, 5.41) is 11.7. The molecule has 2 aromatic rings. The lowest BCUT2D eigenvalue weighted by atomic mass is 9.94. The number of amides is 1. The van der Waals surface area contributed by atoms with Crippen molar-refractivity contribution in [3.63, 3.8) is 0 Å². The molecule has 0 spiro atoms. The van der Waals surface area contributed by atoms with Crippen LogP contribution in [0.4, 0.5) is 5.69 Å². The molecule has 34 heavy (non-hydrogen) atoms. The number of carbonyl (C=O) groups excluding carboxylic acids is 2. The average Bonchev–Trinajstić information content (AvgIpc) is 3.08. The van der Waals surface area contributed by atoms with E-state index in [0.717, 1.165) is 24.3 Å². The van der Waals surface area contributed by atoms with E-state index in [-0.39, 0.29) is 35.8 Å². The van der Waals surface area contributed by atoms with Crippen LogP contribution in [0.3, 0.4) is 0 Å². The van der Waals surface area contributed by atoms with E-state index in [4.69, 9.17) is 21.1 Å². The molecule has 0 aliphatic carbocycles. The van der Waals surface area contributed by atoms with Crippen molar-refractivity contribution in [1.82, 2.24) is 4.90 Å². The minimum absolute atomic E-state index is 0.00309. The third kappa shape index (κ3) is 4.76. The Kier molecular flexibility index (Phi) is 8.23. The Morgan fingerprint density at radius 1 is 1.12 bits per heavy atom. The van der Waals surface area contributed by atoms with Gasteiger partial charge in [0.1, 0.15) is 11.5 Å². The number of benzene rings is 2. The number of Topliss-reactive ketones (excluding diaryl/α,β-unsaturated/α-hetero) is 1. The number of anilines is 1. The van der Waals surface area contributed by atoms with Crippen molar-refractivity contribution in [2.45, 2.75) is 26.8 Å². The first-order valence-electron chi connectivity index (χ1n) is 11.3. The molecule has 1 aliphatic rings. The molecule has 0 saturated carbocycles. The van der Waals surface area contributed by atoms with E-state index >= 15 is 0 Å². The molecular formula is C26H31ClN2O5. The molecule has 2 aromatic carbocycles. The summed E-state index contributed by atoms with van der Waals surface area (Å²) < 4.78 is 10.6. The highest BCUT2D eigenvalue weighted by Crippen LogP contribution is 2.42. The number of likely N-dealkylation sites (tertiary alicyclic amines) is 1. The Hall–Kier alpha value is -3.03. The van der Waals surface area contributed by atoms with Crippen LogP contribution < -0.4 is 9.64 Å². The van der Waals surface area contributed by atoms with Crippen molar-refractivity contribution in [1.29, 1.82) is 0 Å². The maximum Gasteiger partial charge on any atom is 0.295 e. The molecule has 7 nitrogen and oxygen atoms in total. The van der Waals surface area contributed by atoms with Crippen LogP contribution in [0.2, 0.25) is 5.02 Å². The summed E-state index contributed by atoms with van der Waals surface area (Å²) >= 11 is 6.33. The zero-order valence-electron chi connectivity index (χ0n) is 20.2. The first-order chi connectivity index (χ1) is 16.3. The Labute approximate surface area is 205 Å². The summed E-state index contributed by atoms with van der Waals surface area (Å²) in [6.07, 6.45) is 0. The van der Waals surface area contributed by atoms with Crippen LogP contribution in [0.15, 0.2) is 42.0 Å². The number of methoxy groups -OCH3 is 2. The van der Waals surface area contributed by atoms with Gasteiger partial charge in [0.2, 0.25) is 0 Å². The van der Waals surface area contributed by atoms with Gasteiger partial charge in [0.15, 0.2) is 0 Å². The number of halogens is 1. The largest absolute Gasteiger partial charge is 0.507 e. The van der Waals surface area contributed by atoms with E-state index in [1.165, 1.54) is 19.1 Å². The smallest absolute Gasteiger partial charge is 0.295 e. The monoisotopic (exact) mass is 486 g/mol. The van der Waals surface area contributed by atoms with E-state index < -0.39 is 17.7 Å². The zero-order valence-corrected chi connectivity index (χ0v) is 21.0. The number of aryl methyl sites for hydroxylation is 1. The predicted octanol–water partition coefficient (Wildman–Crippen LogP) is 4.57. The van der Waals surface area contributed by atoms with Crippen LogP contribution in [0.5, 0.6) is 5.75 Å². The molecule has 0 bridgehead atoms. The number of rotatable bonds is 9. The highest BCUT2D eigenvalue weighted by Gasteiger charge is 2.46. The van der Waals surface area contributed by atoms with E-state index in [0.29, 0.717) is 10.6 Å². The number of ether oxygens (including phenoxy) is 2. The molecule has 1 atom stereocenters. The Bertz CT molecular complexity index is 1090. The zero-order chi connectivity index (χ0) is 25.0. The lowest BCUT2D eigenvalue weighted by molar-refractivity contribution is -0.140. The van der Waals surface area contributed by atoms with Gasteiger partial charge in [-0.3, -0.25) is 9.59 Å². The fourth-order valence-electron chi connectivity index (χ4n) is 4.36. The summed E-state index contributed by atoms with van der Waals surface area (Å²) in [5.41, 5.74) is 2.79. The predicted molar refractivity (Wildman–Crippen MR) is 134 cm³/mol. The number of hydrogen-bond donors (Lipinski definition) is 1. The molecule has 1 saturated heterocycles. The fourth-order valence-corrected chi connectivity index (χ4v) is 4.71. The van der Waals surface area contributed by atoms with Gasteiger partial charge in [0.25, 0.3) is 11.7 Å². The highest BCUT2D eigenvalue weighted by molar-refractivity contribution is 6.46. The van der Waals surface area contributed by atoms with Crippen molar-refractivity contribution in [2.75, 3.05) is 45.4 Å². The van der Waals surface area contributed by atoms with Gasteiger partial charge < -0.3 is 24.4 Å². The van der Waals surface area contributed by atoms with Gasteiger partial charge >= 0.3 is 0 Å². The van der Waals surface area contributed by atoms with Crippen molar-refractivity contribution in [2.24, 2.45) is 0 Å². The van der Waals surface area contributed by atoms with Crippen LogP contribution in [0.1, 0.15) is 36.6 Å². The Balaban J connectivity index is 2.20. The van der Waals surface area contributed by atoms with Crippen molar-refractivity contribution in [3.05, 3.63) is 63.7 Å². The standard InChI is InChI=1S/C26H31ClN2O5/c1-6-28(7-2)18-10-8-17(9-11-18)22-21(24(31)26(32)29(22)12-13-33-4)23(30)19-14-16(3)15-20(27)25(19)34-5/h8-11,14-15,22,30H,6-7,12-13H2,1-5H3/b23-21+. The first kappa shape index (κ1) is 25.6. The van der Waals surface area contributed by atoms with Gasteiger partial charge in [-0.15, -0.1) is 0 Å². The maximum absolute atomic E-state index is 13.2. The minimum Gasteiger partial charge on any atom is -0.507 e. The van der Waals surface area contributed by atoms with Crippen molar-refractivity contribution < 1.29 is 24.2 Å². The Morgan fingerprint density at radius 2 is 1.76 bits per heavy atom. The SMILES string of the molecule is CCN(CC)c1ccc(C2/C(=C(\O)c3cc(C)cc(Cl)c3OC)C(=O)C(=O)N2CCOC)cc1. The molecule has 0 aromatic heterocycles. The number of carbonyl (C=O) groups is 2. The van der Waals surface area contributed by atoms with Crippen molar-refractivity contribution in [3.8, 4) is 5.75 Å². The number of nitrogens with zero attached hydrogens (tertiary/aromatic N) is 2. The fraction of sp³-hybridized carbons (Fsp3) is 0.385. The van der Waals surface area contributed by atoms with E-state index in [2.05, 4.69) is 18.7 Å². The third-order valence-corrected chi connectivity index (χ3v) is 6.34. The maximum atomic E-state index is 13.2. The summed E-state index contributed by atoms with van der Waals surface area (Å²) in [7, 11) is 2.97. The first-order valence-corrected chi connectivity index (χ1v) is 11.6. The van der Waals surface area contributed by atoms with Crippen LogP contribution in [-0.4, -0.2) is 62.2 Å². The number of hydrogen-bond acceptors (Lipinski definition) is 6. The molecule has 1 aliphatic heterocycles. The minimum atomic E-state index is -0.773. The lowest BCUT2D eigenvalue weighted by Gasteiger charge is -2.26. The van der Waals surface area contributed by atoms with Gasteiger partial charge in [-0.25, -0.2) is 0 Å². The number of ketones is 1. The van der Waals surface area contributed by atoms with Gasteiger partial charge in [-0.1, -0.05) is 23.7 Å². The average molecular weight is 487 g/mol. The molecular weight excluding hydrogens is 456 g/mol. The molecule has 182 valence electrons. The van der Waals surface area contributed by atoms with Crippen LogP contribution in [0.25, 0.3) is 5.76 Å². The van der Waals surface area contributed by atoms with E-state index in [9.17, 15) is 14.7 Å². The van der Waals surface area contributed by atoms with Gasteiger partial charge in [0.05, 0.1) is 35.9 Å². The topological polar surface area (TPSA) is 79.3 Å². The van der Waals surface area contributed by atoms with Crippen LogP contribution in [0, 0.1) is 6.92 Å². The molecule has 1 fully saturated rings.